The fourth-order valence-electron chi connectivity index (χ4n) is 2.39. The van der Waals surface area contributed by atoms with E-state index in [0.29, 0.717) is 0 Å². The Labute approximate surface area is 153 Å². The van der Waals surface area contributed by atoms with Crippen LogP contribution in [0.1, 0.15) is 43.4 Å². The van der Waals surface area contributed by atoms with Crippen LogP contribution >= 0.6 is 0 Å². The first-order valence-electron chi connectivity index (χ1n) is 8.47. The first-order chi connectivity index (χ1) is 12.2. The Bertz CT molecular complexity index is 763. The minimum absolute atomic E-state index is 0.175. The molecule has 7 heteroatoms. The van der Waals surface area contributed by atoms with Gasteiger partial charge in [-0.25, -0.2) is 9.48 Å². The van der Waals surface area contributed by atoms with Gasteiger partial charge in [-0.1, -0.05) is 18.2 Å². The van der Waals surface area contributed by atoms with Gasteiger partial charge in [-0.05, 0) is 45.9 Å². The van der Waals surface area contributed by atoms with E-state index >= 15 is 0 Å². The summed E-state index contributed by atoms with van der Waals surface area (Å²) in [5.74, 6) is -1.62. The highest BCUT2D eigenvalue weighted by molar-refractivity contribution is 5.95. The van der Waals surface area contributed by atoms with Gasteiger partial charge in [0.05, 0.1) is 11.3 Å². The standard InChI is InChI=1S/C19H25N3O4/c1-13-12-16(21-22(13)14-8-6-5-7-9-14)17(23)20-15(18(24)25)10-11-26-19(2,3)4/h5-9,12,15H,10-11H2,1-4H3,(H,20,23)(H,24,25). The number of hydrogen-bond acceptors (Lipinski definition) is 4. The number of nitrogens with zero attached hydrogens (tertiary/aromatic N) is 2. The molecule has 1 heterocycles. The van der Waals surface area contributed by atoms with Gasteiger partial charge in [-0.15, -0.1) is 0 Å². The van der Waals surface area contributed by atoms with Crippen LogP contribution in [0.2, 0.25) is 0 Å². The molecule has 0 radical (unpaired) electrons. The van der Waals surface area contributed by atoms with Gasteiger partial charge >= 0.3 is 5.97 Å². The molecule has 0 fully saturated rings. The van der Waals surface area contributed by atoms with Gasteiger partial charge in [-0.3, -0.25) is 4.79 Å². The molecule has 7 nitrogen and oxygen atoms in total. The molecule has 1 aromatic carbocycles. The molecule has 140 valence electrons. The van der Waals surface area contributed by atoms with Crippen molar-refractivity contribution in [3.8, 4) is 5.69 Å². The Balaban J connectivity index is 2.06. The first-order valence-corrected chi connectivity index (χ1v) is 8.47. The van der Waals surface area contributed by atoms with Gasteiger partial charge in [0.25, 0.3) is 5.91 Å². The lowest BCUT2D eigenvalue weighted by Crippen LogP contribution is -2.42. The third-order valence-electron chi connectivity index (χ3n) is 3.67. The fraction of sp³-hybridized carbons (Fsp3) is 0.421. The molecule has 26 heavy (non-hydrogen) atoms. The molecule has 0 aliphatic heterocycles. The fourth-order valence-corrected chi connectivity index (χ4v) is 2.39. The summed E-state index contributed by atoms with van der Waals surface area (Å²) in [6.07, 6.45) is 0.177. The Morgan fingerprint density at radius 3 is 2.50 bits per heavy atom. The van der Waals surface area contributed by atoms with Crippen LogP contribution in [0.4, 0.5) is 0 Å². The highest BCUT2D eigenvalue weighted by atomic mass is 16.5. The third-order valence-corrected chi connectivity index (χ3v) is 3.67. The van der Waals surface area contributed by atoms with Crippen molar-refractivity contribution < 1.29 is 19.4 Å². The molecule has 2 rings (SSSR count). The monoisotopic (exact) mass is 359 g/mol. The van der Waals surface area contributed by atoms with Gasteiger partial charge in [0.2, 0.25) is 0 Å². The predicted octanol–water partition coefficient (Wildman–Crippen LogP) is 2.57. The van der Waals surface area contributed by atoms with Crippen molar-refractivity contribution in [2.75, 3.05) is 6.61 Å². The normalized spacial score (nSPS) is 12.6. The Morgan fingerprint density at radius 1 is 1.27 bits per heavy atom. The molecule has 1 aromatic heterocycles. The van der Waals surface area contributed by atoms with Crippen LogP contribution in [0.25, 0.3) is 5.69 Å². The number of amides is 1. The Kier molecular flexibility index (Phi) is 6.15. The highest BCUT2D eigenvalue weighted by Crippen LogP contribution is 2.12. The second kappa shape index (κ2) is 8.14. The zero-order valence-corrected chi connectivity index (χ0v) is 15.5. The number of carboxylic acid groups (broad SMARTS) is 1. The van der Waals surface area contributed by atoms with E-state index in [4.69, 9.17) is 4.74 Å². The van der Waals surface area contributed by atoms with E-state index in [0.717, 1.165) is 11.4 Å². The lowest BCUT2D eigenvalue weighted by Gasteiger charge is -2.21. The van der Waals surface area contributed by atoms with Crippen molar-refractivity contribution in [1.29, 1.82) is 0 Å². The topological polar surface area (TPSA) is 93.4 Å². The molecule has 0 aliphatic carbocycles. The SMILES string of the molecule is Cc1cc(C(=O)NC(CCOC(C)(C)C)C(=O)O)nn1-c1ccccc1. The van der Waals surface area contributed by atoms with E-state index in [1.807, 2.05) is 58.0 Å². The molecule has 0 bridgehead atoms. The van der Waals surface area contributed by atoms with Crippen molar-refractivity contribution in [3.05, 3.63) is 47.8 Å². The quantitative estimate of drug-likeness (QED) is 0.792. The maximum absolute atomic E-state index is 12.4. The van der Waals surface area contributed by atoms with Crippen molar-refractivity contribution in [2.45, 2.75) is 45.8 Å². The van der Waals surface area contributed by atoms with E-state index in [1.54, 1.807) is 10.7 Å². The first kappa shape index (κ1) is 19.7. The maximum Gasteiger partial charge on any atom is 0.326 e. The van der Waals surface area contributed by atoms with Crippen LogP contribution in [0, 0.1) is 6.92 Å². The molecular weight excluding hydrogens is 334 g/mol. The van der Waals surface area contributed by atoms with Crippen LogP contribution in [-0.4, -0.2) is 45.0 Å². The molecule has 1 atom stereocenters. The van der Waals surface area contributed by atoms with Gasteiger partial charge in [-0.2, -0.15) is 5.10 Å². The number of hydrogen-bond donors (Lipinski definition) is 2. The number of ether oxygens (including phenoxy) is 1. The summed E-state index contributed by atoms with van der Waals surface area (Å²) < 4.78 is 7.19. The van der Waals surface area contributed by atoms with Crippen LogP contribution in [0.15, 0.2) is 36.4 Å². The Hall–Kier alpha value is -2.67. The van der Waals surface area contributed by atoms with Gasteiger partial charge in [0, 0.05) is 18.7 Å². The zero-order chi connectivity index (χ0) is 19.3. The summed E-state index contributed by atoms with van der Waals surface area (Å²) in [6.45, 7) is 7.74. The molecule has 2 aromatic rings. The molecule has 1 amide bonds. The summed E-state index contributed by atoms with van der Waals surface area (Å²) in [4.78, 5) is 23.8. The molecule has 1 unspecified atom stereocenters. The zero-order valence-electron chi connectivity index (χ0n) is 15.5. The second-order valence-electron chi connectivity index (χ2n) is 7.03. The minimum atomic E-state index is -1.10. The van der Waals surface area contributed by atoms with Crippen LogP contribution in [-0.2, 0) is 9.53 Å². The number of aryl methyl sites for hydroxylation is 1. The van der Waals surface area contributed by atoms with Crippen LogP contribution in [0.5, 0.6) is 0 Å². The van der Waals surface area contributed by atoms with Gasteiger partial charge in [0.15, 0.2) is 5.69 Å². The number of carbonyl (C=O) groups excluding carboxylic acids is 1. The molecule has 0 saturated heterocycles. The van der Waals surface area contributed by atoms with Gasteiger partial charge in [0.1, 0.15) is 6.04 Å². The summed E-state index contributed by atoms with van der Waals surface area (Å²) in [5, 5.41) is 16.1. The van der Waals surface area contributed by atoms with Gasteiger partial charge < -0.3 is 15.2 Å². The molecule has 0 saturated carbocycles. The van der Waals surface area contributed by atoms with Crippen LogP contribution < -0.4 is 5.32 Å². The summed E-state index contributed by atoms with van der Waals surface area (Å²) in [5.41, 5.74) is 1.43. The predicted molar refractivity (Wildman–Crippen MR) is 97.5 cm³/mol. The third kappa shape index (κ3) is 5.42. The molecular formula is C19H25N3O4. The number of nitrogens with one attached hydrogen (secondary N) is 1. The van der Waals surface area contributed by atoms with Crippen LogP contribution in [0.3, 0.4) is 0 Å². The van der Waals surface area contributed by atoms with Crippen molar-refractivity contribution in [2.24, 2.45) is 0 Å². The largest absolute Gasteiger partial charge is 0.480 e. The van der Waals surface area contributed by atoms with Crippen molar-refractivity contribution in [1.82, 2.24) is 15.1 Å². The van der Waals surface area contributed by atoms with Crippen molar-refractivity contribution in [3.63, 3.8) is 0 Å². The minimum Gasteiger partial charge on any atom is -0.480 e. The summed E-state index contributed by atoms with van der Waals surface area (Å²) >= 11 is 0. The van der Waals surface area contributed by atoms with Crippen molar-refractivity contribution >= 4 is 11.9 Å². The lowest BCUT2D eigenvalue weighted by molar-refractivity contribution is -0.140. The number of carboxylic acids is 1. The van der Waals surface area contributed by atoms with E-state index in [1.165, 1.54) is 0 Å². The number of carbonyl (C=O) groups is 2. The van der Waals surface area contributed by atoms with E-state index in [2.05, 4.69) is 10.4 Å². The summed E-state index contributed by atoms with van der Waals surface area (Å²) in [6, 6.07) is 10.0. The Morgan fingerprint density at radius 2 is 1.92 bits per heavy atom. The number of para-hydroxylation sites is 1. The number of aromatic nitrogens is 2. The average molecular weight is 359 g/mol. The lowest BCUT2D eigenvalue weighted by atomic mass is 10.1. The maximum atomic E-state index is 12.4. The highest BCUT2D eigenvalue weighted by Gasteiger charge is 2.23. The molecule has 0 spiro atoms. The second-order valence-corrected chi connectivity index (χ2v) is 7.03. The number of benzene rings is 1. The summed E-state index contributed by atoms with van der Waals surface area (Å²) in [7, 11) is 0. The smallest absolute Gasteiger partial charge is 0.326 e. The number of rotatable bonds is 7. The average Bonchev–Trinajstić information content (AvgIpc) is 2.95. The molecule has 0 aliphatic rings. The van der Waals surface area contributed by atoms with E-state index < -0.39 is 17.9 Å². The van der Waals surface area contributed by atoms with E-state index in [-0.39, 0.29) is 24.3 Å². The molecule has 2 N–H and O–H groups in total. The van der Waals surface area contributed by atoms with E-state index in [9.17, 15) is 14.7 Å². The number of aliphatic carboxylic acids is 1.